The summed E-state index contributed by atoms with van der Waals surface area (Å²) in [6.45, 7) is 4.27. The number of anilines is 1. The van der Waals surface area contributed by atoms with E-state index in [1.54, 1.807) is 11.3 Å². The van der Waals surface area contributed by atoms with Gasteiger partial charge in [0.2, 0.25) is 5.28 Å². The molecule has 0 saturated carbocycles. The zero-order valence-corrected chi connectivity index (χ0v) is 14.6. The molecule has 4 rings (SSSR count). The Bertz CT molecular complexity index is 835. The average molecular weight is 344 g/mol. The molecule has 2 aromatic heterocycles. The first-order chi connectivity index (χ1) is 11.3. The van der Waals surface area contributed by atoms with Crippen molar-refractivity contribution in [2.24, 2.45) is 0 Å². The minimum atomic E-state index is 0.342. The van der Waals surface area contributed by atoms with Crippen LogP contribution in [0, 0.1) is 0 Å². The molecule has 0 radical (unpaired) electrons. The van der Waals surface area contributed by atoms with Crippen LogP contribution >= 0.6 is 22.9 Å². The number of nitrogens with zero attached hydrogens (tertiary/aromatic N) is 3. The van der Waals surface area contributed by atoms with Gasteiger partial charge in [0.25, 0.3) is 0 Å². The topological polar surface area (TPSA) is 29.0 Å². The number of rotatable bonds is 3. The van der Waals surface area contributed by atoms with Crippen LogP contribution in [0.2, 0.25) is 5.28 Å². The third-order valence-electron chi connectivity index (χ3n) is 4.47. The van der Waals surface area contributed by atoms with Gasteiger partial charge in [0.05, 0.1) is 5.39 Å². The molecule has 118 valence electrons. The summed E-state index contributed by atoms with van der Waals surface area (Å²) >= 11 is 7.80. The lowest BCUT2D eigenvalue weighted by atomic mass is 10.0. The zero-order chi connectivity index (χ0) is 15.8. The summed E-state index contributed by atoms with van der Waals surface area (Å²) in [5, 5.41) is 3.66. The van der Waals surface area contributed by atoms with Crippen molar-refractivity contribution in [1.29, 1.82) is 0 Å². The van der Waals surface area contributed by atoms with Crippen LogP contribution in [-0.2, 0) is 6.42 Å². The average Bonchev–Trinajstić information content (AvgIpc) is 3.24. The molecule has 0 N–H and O–H groups in total. The Hall–Kier alpha value is -1.65. The zero-order valence-electron chi connectivity index (χ0n) is 13.1. The van der Waals surface area contributed by atoms with Crippen molar-refractivity contribution in [3.8, 4) is 11.1 Å². The summed E-state index contributed by atoms with van der Waals surface area (Å²) in [7, 11) is 0. The van der Waals surface area contributed by atoms with E-state index in [1.165, 1.54) is 29.5 Å². The predicted octanol–water partition coefficient (Wildman–Crippen LogP) is 5.17. The maximum Gasteiger partial charge on any atom is 0.225 e. The fraction of sp³-hybridized carbons (Fsp3) is 0.333. The van der Waals surface area contributed by atoms with Crippen molar-refractivity contribution < 1.29 is 0 Å². The Balaban J connectivity index is 1.89. The van der Waals surface area contributed by atoms with Crippen molar-refractivity contribution >= 4 is 39.0 Å². The minimum Gasteiger partial charge on any atom is -0.356 e. The van der Waals surface area contributed by atoms with Crippen LogP contribution in [0.4, 0.5) is 5.82 Å². The van der Waals surface area contributed by atoms with E-state index in [9.17, 15) is 0 Å². The number of aryl methyl sites for hydroxylation is 1. The Kier molecular flexibility index (Phi) is 3.95. The summed E-state index contributed by atoms with van der Waals surface area (Å²) < 4.78 is 0. The van der Waals surface area contributed by atoms with Crippen molar-refractivity contribution in [2.45, 2.75) is 26.2 Å². The predicted molar refractivity (Wildman–Crippen MR) is 98.7 cm³/mol. The first-order valence-electron chi connectivity index (χ1n) is 8.05. The number of halogens is 1. The van der Waals surface area contributed by atoms with E-state index in [4.69, 9.17) is 11.6 Å². The number of hydrogen-bond acceptors (Lipinski definition) is 4. The van der Waals surface area contributed by atoms with Gasteiger partial charge in [-0.25, -0.2) is 4.98 Å². The van der Waals surface area contributed by atoms with Crippen LogP contribution in [0.3, 0.4) is 0 Å². The molecular weight excluding hydrogens is 326 g/mol. The van der Waals surface area contributed by atoms with Gasteiger partial charge < -0.3 is 4.90 Å². The Labute approximate surface area is 144 Å². The second-order valence-corrected chi connectivity index (χ2v) is 7.09. The molecule has 0 spiro atoms. The first-order valence-corrected chi connectivity index (χ1v) is 9.31. The Morgan fingerprint density at radius 2 is 1.87 bits per heavy atom. The van der Waals surface area contributed by atoms with Gasteiger partial charge in [-0.15, -0.1) is 11.3 Å². The third kappa shape index (κ3) is 2.70. The molecule has 3 nitrogen and oxygen atoms in total. The fourth-order valence-electron chi connectivity index (χ4n) is 3.19. The molecule has 1 fully saturated rings. The standard InChI is InChI=1S/C18H18ClN3S/c1-2-12-5-7-13(8-6-12)14-11-23-17-15(14)16(20-18(19)21-17)22-9-3-4-10-22/h5-8,11H,2-4,9-10H2,1H3. The smallest absolute Gasteiger partial charge is 0.225 e. The summed E-state index contributed by atoms with van der Waals surface area (Å²) in [5.41, 5.74) is 3.79. The fourth-order valence-corrected chi connectivity index (χ4v) is 4.34. The van der Waals surface area contributed by atoms with E-state index < -0.39 is 0 Å². The number of thiophene rings is 1. The Morgan fingerprint density at radius 3 is 2.57 bits per heavy atom. The van der Waals surface area contributed by atoms with Crippen molar-refractivity contribution in [3.63, 3.8) is 0 Å². The molecule has 23 heavy (non-hydrogen) atoms. The molecule has 3 aromatic rings. The number of aromatic nitrogens is 2. The highest BCUT2D eigenvalue weighted by Crippen LogP contribution is 2.39. The van der Waals surface area contributed by atoms with Gasteiger partial charge in [-0.3, -0.25) is 0 Å². The molecule has 0 atom stereocenters. The lowest BCUT2D eigenvalue weighted by Gasteiger charge is -2.18. The van der Waals surface area contributed by atoms with E-state index in [0.717, 1.165) is 35.5 Å². The van der Waals surface area contributed by atoms with Gasteiger partial charge >= 0.3 is 0 Å². The van der Waals surface area contributed by atoms with Crippen LogP contribution in [0.25, 0.3) is 21.3 Å². The molecule has 0 amide bonds. The SMILES string of the molecule is CCc1ccc(-c2csc3nc(Cl)nc(N4CCCC4)c23)cc1. The molecule has 5 heteroatoms. The maximum atomic E-state index is 6.15. The van der Waals surface area contributed by atoms with Crippen molar-refractivity contribution in [1.82, 2.24) is 9.97 Å². The summed E-state index contributed by atoms with van der Waals surface area (Å²) in [6, 6.07) is 8.79. The lowest BCUT2D eigenvalue weighted by Crippen LogP contribution is -2.19. The maximum absolute atomic E-state index is 6.15. The first kappa shape index (κ1) is 14.9. The van der Waals surface area contributed by atoms with Crippen molar-refractivity contribution in [2.75, 3.05) is 18.0 Å². The monoisotopic (exact) mass is 343 g/mol. The highest BCUT2D eigenvalue weighted by molar-refractivity contribution is 7.17. The quantitative estimate of drug-likeness (QED) is 0.614. The van der Waals surface area contributed by atoms with Crippen LogP contribution in [0.5, 0.6) is 0 Å². The number of fused-ring (bicyclic) bond motifs is 1. The molecule has 1 aliphatic rings. The van der Waals surface area contributed by atoms with Crippen LogP contribution in [0.1, 0.15) is 25.3 Å². The lowest BCUT2D eigenvalue weighted by molar-refractivity contribution is 0.940. The third-order valence-corrected chi connectivity index (χ3v) is 5.51. The van der Waals surface area contributed by atoms with Gasteiger partial charge in [0.15, 0.2) is 0 Å². The molecule has 1 aromatic carbocycles. The molecule has 3 heterocycles. The molecule has 1 saturated heterocycles. The second kappa shape index (κ2) is 6.10. The summed E-state index contributed by atoms with van der Waals surface area (Å²) in [5.74, 6) is 0.994. The van der Waals surface area contributed by atoms with Gasteiger partial charge in [-0.1, -0.05) is 31.2 Å². The molecule has 0 bridgehead atoms. The normalized spacial score (nSPS) is 14.8. The molecule has 0 aliphatic carbocycles. The number of hydrogen-bond donors (Lipinski definition) is 0. The minimum absolute atomic E-state index is 0.342. The molecule has 0 unspecified atom stereocenters. The highest BCUT2D eigenvalue weighted by atomic mass is 35.5. The largest absolute Gasteiger partial charge is 0.356 e. The van der Waals surface area contributed by atoms with E-state index in [2.05, 4.69) is 51.4 Å². The van der Waals surface area contributed by atoms with Gasteiger partial charge in [0.1, 0.15) is 10.6 Å². The van der Waals surface area contributed by atoms with Gasteiger partial charge in [-0.2, -0.15) is 4.98 Å². The molecular formula is C18H18ClN3S. The van der Waals surface area contributed by atoms with E-state index >= 15 is 0 Å². The summed E-state index contributed by atoms with van der Waals surface area (Å²) in [4.78, 5) is 12.3. The highest BCUT2D eigenvalue weighted by Gasteiger charge is 2.21. The summed E-state index contributed by atoms with van der Waals surface area (Å²) in [6.07, 6.45) is 3.49. The number of benzene rings is 1. The molecule has 1 aliphatic heterocycles. The van der Waals surface area contributed by atoms with Crippen LogP contribution < -0.4 is 4.90 Å². The van der Waals surface area contributed by atoms with Gasteiger partial charge in [-0.05, 0) is 42.0 Å². The van der Waals surface area contributed by atoms with E-state index in [1.807, 2.05) is 0 Å². The van der Waals surface area contributed by atoms with Crippen LogP contribution in [-0.4, -0.2) is 23.1 Å². The van der Waals surface area contributed by atoms with Crippen LogP contribution in [0.15, 0.2) is 29.6 Å². The Morgan fingerprint density at radius 1 is 1.13 bits per heavy atom. The van der Waals surface area contributed by atoms with Gasteiger partial charge in [0, 0.05) is 24.0 Å². The van der Waals surface area contributed by atoms with E-state index in [-0.39, 0.29) is 0 Å². The second-order valence-electron chi connectivity index (χ2n) is 5.89. The van der Waals surface area contributed by atoms with Crippen molar-refractivity contribution in [3.05, 3.63) is 40.5 Å². The van der Waals surface area contributed by atoms with E-state index in [0.29, 0.717) is 5.28 Å².